The molecule has 2 fully saturated rings. The molecule has 1 amide bonds. The first-order chi connectivity index (χ1) is 24.7. The van der Waals surface area contributed by atoms with Gasteiger partial charge >= 0.3 is 0 Å². The minimum atomic E-state index is -0.343. The van der Waals surface area contributed by atoms with Gasteiger partial charge in [0, 0.05) is 75.4 Å². The summed E-state index contributed by atoms with van der Waals surface area (Å²) in [6, 6.07) is 12.7. The van der Waals surface area contributed by atoms with Crippen LogP contribution in [0.5, 0.6) is 11.5 Å². The van der Waals surface area contributed by atoms with Crippen LogP contribution >= 0.6 is 0 Å². The minimum Gasteiger partial charge on any atom is -0.496 e. The molecule has 3 heterocycles. The number of anilines is 1. The summed E-state index contributed by atoms with van der Waals surface area (Å²) in [6.45, 7) is 12.9. The summed E-state index contributed by atoms with van der Waals surface area (Å²) in [7, 11) is 4.94. The number of methoxy groups -OCH3 is 2. The van der Waals surface area contributed by atoms with Crippen molar-refractivity contribution in [1.29, 1.82) is 10.7 Å². The predicted octanol–water partition coefficient (Wildman–Crippen LogP) is 5.44. The number of nitriles is 1. The van der Waals surface area contributed by atoms with Crippen molar-refractivity contribution in [1.82, 2.24) is 19.3 Å². The molecule has 52 heavy (non-hydrogen) atoms. The summed E-state index contributed by atoms with van der Waals surface area (Å²) < 4.78 is 13.3. The highest BCUT2D eigenvalue weighted by atomic mass is 16.5. The molecule has 3 N–H and O–H groups in total. The second-order valence-electron chi connectivity index (χ2n) is 15.6. The van der Waals surface area contributed by atoms with Gasteiger partial charge in [-0.15, -0.1) is 0 Å². The normalized spacial score (nSPS) is 18.8. The summed E-state index contributed by atoms with van der Waals surface area (Å²) in [5.74, 6) is 1.16. The lowest BCUT2D eigenvalue weighted by Crippen LogP contribution is -2.54. The minimum absolute atomic E-state index is 0.0322. The fourth-order valence-electron chi connectivity index (χ4n) is 7.96. The van der Waals surface area contributed by atoms with Gasteiger partial charge in [0.1, 0.15) is 28.8 Å². The Morgan fingerprint density at radius 3 is 2.38 bits per heavy atom. The molecule has 3 aromatic rings. The molecule has 1 saturated heterocycles. The molecule has 6 rings (SSSR count). The van der Waals surface area contributed by atoms with Crippen LogP contribution in [0.15, 0.2) is 53.0 Å². The lowest BCUT2D eigenvalue weighted by molar-refractivity contribution is -0.129. The van der Waals surface area contributed by atoms with E-state index in [4.69, 9.17) is 20.6 Å². The largest absolute Gasteiger partial charge is 0.496 e. The zero-order valence-electron chi connectivity index (χ0n) is 31.5. The number of nitrogen functional groups attached to an aromatic ring is 1. The molecule has 11 heteroatoms. The fourth-order valence-corrected chi connectivity index (χ4v) is 7.96. The van der Waals surface area contributed by atoms with E-state index in [1.165, 1.54) is 21.3 Å². The number of fused-ring (bicyclic) bond motifs is 1. The maximum Gasteiger partial charge on any atom is 0.274 e. The first-order valence-electron chi connectivity index (χ1n) is 18.0. The Morgan fingerprint density at radius 2 is 1.79 bits per heavy atom. The number of nitrogens with one attached hydrogen (secondary N) is 1. The van der Waals surface area contributed by atoms with Gasteiger partial charge in [-0.05, 0) is 66.0 Å². The van der Waals surface area contributed by atoms with Gasteiger partial charge in [0.25, 0.3) is 11.5 Å². The fraction of sp³-hybridized carbons (Fsp3) is 0.463. The number of pyridine rings is 1. The standard InChI is InChI=1S/C41H51N7O4/c1-26-31-16-27(8-9-28(31)10-13-48(26)38(49)30(20-42)19-40(2,3)4)22-47-15-14-46(25-41(47)11-12-41)24-34-35(51-6)17-29(18-36(34)52-7)33-23-45(5)39(50)37(44)32(33)21-43/h8-9,16-19,21,23,26,43H,10-15,22,24-25,44H2,1-7H3/b30-19+,43-21?/t26-/m1/s1. The molecule has 274 valence electrons. The number of aromatic nitrogens is 1. The van der Waals surface area contributed by atoms with E-state index in [1.54, 1.807) is 33.5 Å². The molecule has 0 radical (unpaired) electrons. The Kier molecular flexibility index (Phi) is 10.1. The lowest BCUT2D eigenvalue weighted by atomic mass is 9.90. The van der Waals surface area contributed by atoms with Gasteiger partial charge < -0.3 is 30.1 Å². The maximum absolute atomic E-state index is 13.5. The SMILES string of the molecule is COc1cc(-c2cn(C)c(=O)c(N)c2C=N)cc(OC)c1CN1CCN(Cc2ccc3c(c2)[C@@H](C)N(C(=O)/C(C#N)=C/C(C)(C)C)CC3)C2(CC2)C1. The molecule has 0 unspecified atom stereocenters. The predicted molar refractivity (Wildman–Crippen MR) is 204 cm³/mol. The summed E-state index contributed by atoms with van der Waals surface area (Å²) >= 11 is 0. The van der Waals surface area contributed by atoms with Crippen LogP contribution in [-0.2, 0) is 31.4 Å². The molecule has 11 nitrogen and oxygen atoms in total. The van der Waals surface area contributed by atoms with E-state index < -0.39 is 0 Å². The van der Waals surface area contributed by atoms with E-state index >= 15 is 0 Å². The quantitative estimate of drug-likeness (QED) is 0.170. The maximum atomic E-state index is 13.5. The van der Waals surface area contributed by atoms with E-state index in [9.17, 15) is 14.9 Å². The molecule has 1 aliphatic carbocycles. The van der Waals surface area contributed by atoms with Gasteiger partial charge in [0.2, 0.25) is 0 Å². The van der Waals surface area contributed by atoms with Crippen LogP contribution in [0.1, 0.15) is 74.4 Å². The Morgan fingerprint density at radius 1 is 1.10 bits per heavy atom. The van der Waals surface area contributed by atoms with Crippen molar-refractivity contribution >= 4 is 17.8 Å². The zero-order valence-corrected chi connectivity index (χ0v) is 31.5. The molecular formula is C41H51N7O4. The Hall–Kier alpha value is -4.92. The van der Waals surface area contributed by atoms with Crippen molar-refractivity contribution in [2.75, 3.05) is 46.1 Å². The van der Waals surface area contributed by atoms with E-state index in [0.717, 1.165) is 62.8 Å². The second kappa shape index (κ2) is 14.2. The van der Waals surface area contributed by atoms with Gasteiger partial charge in [-0.3, -0.25) is 19.4 Å². The monoisotopic (exact) mass is 705 g/mol. The second-order valence-corrected chi connectivity index (χ2v) is 15.6. The van der Waals surface area contributed by atoms with Crippen LogP contribution in [0, 0.1) is 22.2 Å². The van der Waals surface area contributed by atoms with Gasteiger partial charge in [0.15, 0.2) is 0 Å². The van der Waals surface area contributed by atoms with E-state index in [-0.39, 0.29) is 39.7 Å². The molecular weight excluding hydrogens is 654 g/mol. The van der Waals surface area contributed by atoms with E-state index in [2.05, 4.69) is 41.0 Å². The number of hydrogen-bond donors (Lipinski definition) is 2. The topological polar surface area (TPSA) is 141 Å². The number of carbonyl (C=O) groups is 1. The number of ether oxygens (including phenoxy) is 2. The summed E-state index contributed by atoms with van der Waals surface area (Å²) in [6.07, 6.45) is 7.64. The molecule has 1 aromatic heterocycles. The third-order valence-corrected chi connectivity index (χ3v) is 10.9. The molecule has 3 aliphatic rings. The zero-order chi connectivity index (χ0) is 37.5. The number of amides is 1. The molecule has 2 aromatic carbocycles. The van der Waals surface area contributed by atoms with E-state index in [0.29, 0.717) is 35.7 Å². The number of nitrogens with zero attached hydrogens (tertiary/aromatic N) is 5. The van der Waals surface area contributed by atoms with Crippen molar-refractivity contribution in [3.05, 3.63) is 86.3 Å². The van der Waals surface area contributed by atoms with Crippen LogP contribution in [0.4, 0.5) is 5.69 Å². The third-order valence-electron chi connectivity index (χ3n) is 10.9. The number of aryl methyl sites for hydroxylation is 1. The Balaban J connectivity index is 1.18. The Bertz CT molecular complexity index is 2010. The van der Waals surface area contributed by atoms with Crippen molar-refractivity contribution in [3.63, 3.8) is 0 Å². The highest BCUT2D eigenvalue weighted by molar-refractivity contribution is 5.98. The van der Waals surface area contributed by atoms with Crippen LogP contribution < -0.4 is 20.8 Å². The van der Waals surface area contributed by atoms with Crippen molar-refractivity contribution < 1.29 is 14.3 Å². The van der Waals surface area contributed by atoms with Gasteiger partial charge in [-0.2, -0.15) is 5.26 Å². The molecule has 2 aliphatic heterocycles. The molecule has 1 saturated carbocycles. The van der Waals surface area contributed by atoms with Crippen LogP contribution in [-0.4, -0.2) is 77.3 Å². The average Bonchev–Trinajstić information content (AvgIpc) is 3.89. The number of hydrogen-bond acceptors (Lipinski definition) is 9. The molecule has 1 spiro atoms. The van der Waals surface area contributed by atoms with Crippen LogP contribution in [0.3, 0.4) is 0 Å². The number of nitrogens with two attached hydrogens (primary N) is 1. The number of carbonyl (C=O) groups excluding carboxylic acids is 1. The first-order valence-corrected chi connectivity index (χ1v) is 18.0. The summed E-state index contributed by atoms with van der Waals surface area (Å²) in [5.41, 5.74) is 12.3. The highest BCUT2D eigenvalue weighted by Crippen LogP contribution is 2.46. The van der Waals surface area contributed by atoms with Crippen LogP contribution in [0.2, 0.25) is 0 Å². The lowest BCUT2D eigenvalue weighted by Gasteiger charge is -2.43. The van der Waals surface area contributed by atoms with Crippen LogP contribution in [0.25, 0.3) is 11.1 Å². The van der Waals surface area contributed by atoms with E-state index in [1.807, 2.05) is 37.8 Å². The number of piperazine rings is 1. The van der Waals surface area contributed by atoms with Gasteiger partial charge in [0.05, 0.1) is 25.8 Å². The number of rotatable bonds is 9. The summed E-state index contributed by atoms with van der Waals surface area (Å²) in [4.78, 5) is 32.9. The number of benzene rings is 2. The summed E-state index contributed by atoms with van der Waals surface area (Å²) in [5, 5.41) is 17.7. The average molecular weight is 706 g/mol. The van der Waals surface area contributed by atoms with Gasteiger partial charge in [-0.1, -0.05) is 45.0 Å². The Labute approximate surface area is 306 Å². The number of allylic oxidation sites excluding steroid dienone is 1. The van der Waals surface area contributed by atoms with Crippen molar-refractivity contribution in [3.8, 4) is 28.7 Å². The smallest absolute Gasteiger partial charge is 0.274 e. The molecule has 1 atom stereocenters. The van der Waals surface area contributed by atoms with Crippen molar-refractivity contribution in [2.24, 2.45) is 12.5 Å². The molecule has 0 bridgehead atoms. The highest BCUT2D eigenvalue weighted by Gasteiger charge is 2.51. The van der Waals surface area contributed by atoms with Gasteiger partial charge in [-0.25, -0.2) is 0 Å². The van der Waals surface area contributed by atoms with Crippen molar-refractivity contribution in [2.45, 2.75) is 71.6 Å². The first kappa shape index (κ1) is 36.9. The third kappa shape index (κ3) is 7.10.